The SMILES string of the molecule is Cn1nccc1-c1cccc(CC(=O)CCc2ccc3c(c2)CN(C2CCC(=O)NC2=O)C3=O)c1.O=CO. The molecular weight excluding hydrogens is 488 g/mol. The summed E-state index contributed by atoms with van der Waals surface area (Å²) >= 11 is 0. The molecule has 38 heavy (non-hydrogen) atoms. The standard InChI is InChI=1S/C27H26N4O4.CH2O2/c1-30-23(11-12-28-30)19-4-2-3-18(14-19)15-21(32)7-5-17-6-8-22-20(13-17)16-31(27(22)35)24-9-10-25(33)29-26(24)34;2-1-3/h2-4,6,8,11-14,24H,5,7,9-10,15-16H2,1H3,(H,29,33,34);1H,(H,2,3). The molecule has 3 amide bonds. The summed E-state index contributed by atoms with van der Waals surface area (Å²) in [4.78, 5) is 59.1. The summed E-state index contributed by atoms with van der Waals surface area (Å²) in [5, 5.41) is 13.4. The van der Waals surface area contributed by atoms with Crippen molar-refractivity contribution in [3.8, 4) is 11.3 Å². The second kappa shape index (κ2) is 11.6. The Kier molecular flexibility index (Phi) is 8.10. The number of carbonyl (C=O) groups excluding carboxylic acids is 4. The van der Waals surface area contributed by atoms with Crippen LogP contribution < -0.4 is 5.32 Å². The van der Waals surface area contributed by atoms with Gasteiger partial charge in [0.15, 0.2) is 0 Å². The van der Waals surface area contributed by atoms with Crippen LogP contribution in [0.25, 0.3) is 11.3 Å². The first kappa shape index (κ1) is 26.5. The van der Waals surface area contributed by atoms with Gasteiger partial charge in [-0.25, -0.2) is 0 Å². The van der Waals surface area contributed by atoms with Crippen LogP contribution in [0.2, 0.25) is 0 Å². The van der Waals surface area contributed by atoms with Crippen LogP contribution in [-0.2, 0) is 45.6 Å². The van der Waals surface area contributed by atoms with Gasteiger partial charge in [0.25, 0.3) is 12.4 Å². The van der Waals surface area contributed by atoms with Gasteiger partial charge in [0, 0.05) is 50.2 Å². The molecule has 1 fully saturated rings. The molecule has 10 nitrogen and oxygen atoms in total. The first-order valence-electron chi connectivity index (χ1n) is 12.2. The predicted octanol–water partition coefficient (Wildman–Crippen LogP) is 2.29. The van der Waals surface area contributed by atoms with Crippen LogP contribution in [0, 0.1) is 0 Å². The molecule has 0 spiro atoms. The van der Waals surface area contributed by atoms with Crippen LogP contribution in [0.15, 0.2) is 54.7 Å². The van der Waals surface area contributed by atoms with E-state index in [0.717, 1.165) is 27.9 Å². The average Bonchev–Trinajstić information content (AvgIpc) is 3.46. The maximum Gasteiger partial charge on any atom is 0.290 e. The van der Waals surface area contributed by atoms with Crippen molar-refractivity contribution in [1.82, 2.24) is 20.0 Å². The minimum atomic E-state index is -0.625. The van der Waals surface area contributed by atoms with Crippen molar-refractivity contribution in [3.63, 3.8) is 0 Å². The average molecular weight is 517 g/mol. The molecule has 1 saturated heterocycles. The molecule has 1 aromatic heterocycles. The van der Waals surface area contributed by atoms with Crippen LogP contribution in [0.1, 0.15) is 46.3 Å². The number of rotatable bonds is 7. The quantitative estimate of drug-likeness (QED) is 0.363. The van der Waals surface area contributed by atoms with Crippen molar-refractivity contribution in [1.29, 1.82) is 0 Å². The number of carbonyl (C=O) groups is 5. The fourth-order valence-corrected chi connectivity index (χ4v) is 4.88. The minimum absolute atomic E-state index is 0.147. The topological polar surface area (TPSA) is 139 Å². The van der Waals surface area contributed by atoms with Gasteiger partial charge in [0.05, 0.1) is 5.69 Å². The Morgan fingerprint density at radius 1 is 1.13 bits per heavy atom. The Bertz CT molecular complexity index is 1400. The van der Waals surface area contributed by atoms with E-state index in [1.807, 2.05) is 49.5 Å². The van der Waals surface area contributed by atoms with E-state index in [4.69, 9.17) is 9.90 Å². The molecule has 2 aromatic carbocycles. The summed E-state index contributed by atoms with van der Waals surface area (Å²) in [5.74, 6) is -0.758. The van der Waals surface area contributed by atoms with Gasteiger partial charge in [-0.05, 0) is 47.7 Å². The fraction of sp³-hybridized carbons (Fsp3) is 0.286. The van der Waals surface area contributed by atoms with E-state index in [1.165, 1.54) is 4.90 Å². The summed E-state index contributed by atoms with van der Waals surface area (Å²) in [6, 6.07) is 14.9. The number of carboxylic acid groups (broad SMARTS) is 1. The molecule has 5 rings (SSSR count). The Hall–Kier alpha value is -4.60. The number of piperidine rings is 1. The maximum atomic E-state index is 12.8. The first-order valence-corrected chi connectivity index (χ1v) is 12.2. The number of fused-ring (bicyclic) bond motifs is 1. The van der Waals surface area contributed by atoms with Crippen molar-refractivity contribution < 1.29 is 29.1 Å². The molecule has 1 atom stereocenters. The van der Waals surface area contributed by atoms with Gasteiger partial charge in [-0.1, -0.05) is 30.3 Å². The predicted molar refractivity (Wildman–Crippen MR) is 137 cm³/mol. The number of aromatic nitrogens is 2. The number of Topliss-reactive ketones (excluding diaryl/α,β-unsaturated/α-hetero) is 1. The van der Waals surface area contributed by atoms with Gasteiger partial charge < -0.3 is 10.0 Å². The van der Waals surface area contributed by atoms with Crippen molar-refractivity contribution in [2.75, 3.05) is 0 Å². The monoisotopic (exact) mass is 516 g/mol. The minimum Gasteiger partial charge on any atom is -0.483 e. The van der Waals surface area contributed by atoms with Crippen molar-refractivity contribution >= 4 is 30.0 Å². The van der Waals surface area contributed by atoms with E-state index in [2.05, 4.69) is 10.4 Å². The lowest BCUT2D eigenvalue weighted by molar-refractivity contribution is -0.137. The molecule has 0 aliphatic carbocycles. The molecule has 2 N–H and O–H groups in total. The van der Waals surface area contributed by atoms with Gasteiger partial charge in [-0.3, -0.25) is 34.0 Å². The molecule has 196 valence electrons. The van der Waals surface area contributed by atoms with Crippen molar-refractivity contribution in [3.05, 3.63) is 77.0 Å². The number of hydrogen-bond donors (Lipinski definition) is 2. The number of amides is 3. The second-order valence-corrected chi connectivity index (χ2v) is 9.25. The van der Waals surface area contributed by atoms with Gasteiger partial charge in [-0.2, -0.15) is 5.10 Å². The Morgan fingerprint density at radius 3 is 2.63 bits per heavy atom. The van der Waals surface area contributed by atoms with Gasteiger partial charge in [0.1, 0.15) is 11.8 Å². The molecule has 3 aromatic rings. The number of hydrogen-bond acceptors (Lipinski definition) is 6. The Morgan fingerprint density at radius 2 is 1.92 bits per heavy atom. The molecule has 3 heterocycles. The third kappa shape index (κ3) is 5.86. The lowest BCUT2D eigenvalue weighted by atomic mass is 9.98. The molecule has 0 bridgehead atoms. The maximum absolute atomic E-state index is 12.8. The zero-order valence-corrected chi connectivity index (χ0v) is 20.9. The van der Waals surface area contributed by atoms with Crippen LogP contribution in [0.4, 0.5) is 0 Å². The number of nitrogens with zero attached hydrogens (tertiary/aromatic N) is 3. The molecule has 1 unspecified atom stereocenters. The largest absolute Gasteiger partial charge is 0.483 e. The van der Waals surface area contributed by atoms with E-state index >= 15 is 0 Å². The zero-order chi connectivity index (χ0) is 27.2. The van der Waals surface area contributed by atoms with Crippen LogP contribution in [-0.4, -0.2) is 55.8 Å². The molecule has 2 aliphatic heterocycles. The highest BCUT2D eigenvalue weighted by molar-refractivity contribution is 6.05. The van der Waals surface area contributed by atoms with E-state index < -0.39 is 11.9 Å². The van der Waals surface area contributed by atoms with Crippen molar-refractivity contribution in [2.24, 2.45) is 7.05 Å². The number of ketones is 1. The number of imide groups is 1. The molecular formula is C28H28N4O6. The summed E-state index contributed by atoms with van der Waals surface area (Å²) in [6.45, 7) is 0.0863. The number of nitrogens with one attached hydrogen (secondary N) is 1. The summed E-state index contributed by atoms with van der Waals surface area (Å²) in [6.07, 6.45) is 3.67. The lowest BCUT2D eigenvalue weighted by Crippen LogP contribution is -2.52. The van der Waals surface area contributed by atoms with E-state index in [1.54, 1.807) is 16.9 Å². The van der Waals surface area contributed by atoms with Crippen LogP contribution >= 0.6 is 0 Å². The number of benzene rings is 2. The second-order valence-electron chi connectivity index (χ2n) is 9.25. The molecule has 0 saturated carbocycles. The first-order chi connectivity index (χ1) is 18.3. The summed E-state index contributed by atoms with van der Waals surface area (Å²) in [5.41, 5.74) is 5.41. The fourth-order valence-electron chi connectivity index (χ4n) is 4.88. The normalized spacial score (nSPS) is 16.4. The van der Waals surface area contributed by atoms with Gasteiger partial charge in [-0.15, -0.1) is 0 Å². The third-order valence-electron chi connectivity index (χ3n) is 6.73. The molecule has 0 radical (unpaired) electrons. The highest BCUT2D eigenvalue weighted by atomic mass is 16.3. The van der Waals surface area contributed by atoms with Crippen LogP contribution in [0.5, 0.6) is 0 Å². The summed E-state index contributed by atoms with van der Waals surface area (Å²) in [7, 11) is 1.89. The van der Waals surface area contributed by atoms with E-state index in [9.17, 15) is 19.2 Å². The van der Waals surface area contributed by atoms with Gasteiger partial charge >= 0.3 is 0 Å². The zero-order valence-electron chi connectivity index (χ0n) is 20.9. The summed E-state index contributed by atoms with van der Waals surface area (Å²) < 4.78 is 1.81. The molecule has 2 aliphatic rings. The van der Waals surface area contributed by atoms with Gasteiger partial charge in [0.2, 0.25) is 11.8 Å². The van der Waals surface area contributed by atoms with E-state index in [-0.39, 0.29) is 30.5 Å². The Balaban J connectivity index is 0.00000107. The highest BCUT2D eigenvalue weighted by Gasteiger charge is 2.39. The Labute approximate surface area is 219 Å². The lowest BCUT2D eigenvalue weighted by Gasteiger charge is -2.29. The molecule has 10 heteroatoms. The van der Waals surface area contributed by atoms with E-state index in [0.29, 0.717) is 37.8 Å². The van der Waals surface area contributed by atoms with Crippen LogP contribution in [0.3, 0.4) is 0 Å². The highest BCUT2D eigenvalue weighted by Crippen LogP contribution is 2.28. The third-order valence-corrected chi connectivity index (χ3v) is 6.73. The number of aryl methyl sites for hydroxylation is 2. The van der Waals surface area contributed by atoms with Crippen molar-refractivity contribution in [2.45, 2.75) is 44.7 Å². The smallest absolute Gasteiger partial charge is 0.290 e.